The minimum absolute atomic E-state index is 0.0266. The number of nitrogens with zero attached hydrogens (tertiary/aromatic N) is 2. The van der Waals surface area contributed by atoms with Crippen molar-refractivity contribution in [3.8, 4) is 11.6 Å². The van der Waals surface area contributed by atoms with Crippen LogP contribution in [0.15, 0.2) is 47.4 Å². The minimum atomic E-state index is -3.81. The van der Waals surface area contributed by atoms with E-state index in [9.17, 15) is 22.7 Å². The van der Waals surface area contributed by atoms with Gasteiger partial charge in [-0.05, 0) is 65.2 Å². The molecule has 0 unspecified atom stereocenters. The summed E-state index contributed by atoms with van der Waals surface area (Å²) in [5.41, 5.74) is 1.44. The third kappa shape index (κ3) is 5.46. The van der Waals surface area contributed by atoms with Gasteiger partial charge in [-0.15, -0.1) is 0 Å². The highest BCUT2D eigenvalue weighted by molar-refractivity contribution is 7.92. The maximum absolute atomic E-state index is 14.4. The highest BCUT2D eigenvalue weighted by atomic mass is 32.2. The molecule has 1 aliphatic carbocycles. The number of sulfonamides is 1. The van der Waals surface area contributed by atoms with E-state index in [0.29, 0.717) is 22.2 Å². The predicted molar refractivity (Wildman–Crippen MR) is 174 cm³/mol. The zero-order valence-corrected chi connectivity index (χ0v) is 27.8. The fraction of sp³-hybridized carbons (Fsp3) is 0.469. The van der Waals surface area contributed by atoms with Crippen molar-refractivity contribution in [3.63, 3.8) is 0 Å². The molecular formula is C32H42FN3O5SSi. The van der Waals surface area contributed by atoms with Gasteiger partial charge in [0.25, 0.3) is 13.9 Å². The van der Waals surface area contributed by atoms with Crippen LogP contribution < -0.4 is 14.3 Å². The van der Waals surface area contributed by atoms with E-state index in [-0.39, 0.29) is 58.0 Å². The fourth-order valence-corrected chi connectivity index (χ4v) is 13.1. The molecule has 0 aliphatic heterocycles. The second kappa shape index (κ2) is 11.3. The van der Waals surface area contributed by atoms with Crippen molar-refractivity contribution in [2.24, 2.45) is 5.92 Å². The van der Waals surface area contributed by atoms with Crippen LogP contribution in [-0.4, -0.2) is 44.2 Å². The molecule has 5 rings (SSSR count). The minimum Gasteiger partial charge on any atom is -0.541 e. The Morgan fingerprint density at radius 2 is 1.65 bits per heavy atom. The molecule has 0 bridgehead atoms. The van der Waals surface area contributed by atoms with Crippen molar-refractivity contribution in [1.82, 2.24) is 9.55 Å². The Morgan fingerprint density at radius 1 is 1.05 bits per heavy atom. The molecule has 2 aromatic carbocycles. The summed E-state index contributed by atoms with van der Waals surface area (Å²) >= 11 is 0. The van der Waals surface area contributed by atoms with Crippen LogP contribution in [0.1, 0.15) is 59.9 Å². The number of hydrogen-bond acceptors (Lipinski definition) is 5. The average molecular weight is 628 g/mol. The number of aromatic nitrogens is 2. The van der Waals surface area contributed by atoms with Crippen LogP contribution in [0.2, 0.25) is 16.6 Å². The van der Waals surface area contributed by atoms with Crippen LogP contribution in [0.3, 0.4) is 0 Å². The summed E-state index contributed by atoms with van der Waals surface area (Å²) in [5.74, 6) is -0.159. The molecule has 0 amide bonds. The summed E-state index contributed by atoms with van der Waals surface area (Å²) in [6.07, 6.45) is 4.71. The average Bonchev–Trinajstić information content (AvgIpc) is 3.72. The van der Waals surface area contributed by atoms with Crippen LogP contribution in [0, 0.1) is 11.7 Å². The molecule has 0 radical (unpaired) electrons. The van der Waals surface area contributed by atoms with Crippen molar-refractivity contribution >= 4 is 45.7 Å². The third-order valence-corrected chi connectivity index (χ3v) is 16.1. The molecule has 232 valence electrons. The Morgan fingerprint density at radius 3 is 2.19 bits per heavy atom. The number of aromatic amines is 1. The van der Waals surface area contributed by atoms with Crippen LogP contribution in [0.25, 0.3) is 21.7 Å². The maximum atomic E-state index is 14.4. The molecule has 2 heterocycles. The number of benzene rings is 2. The van der Waals surface area contributed by atoms with Crippen molar-refractivity contribution in [2.45, 2.75) is 77.6 Å². The van der Waals surface area contributed by atoms with E-state index in [4.69, 9.17) is 4.43 Å². The first-order valence-corrected chi connectivity index (χ1v) is 19.0. The lowest BCUT2D eigenvalue weighted by atomic mass is 10.1. The van der Waals surface area contributed by atoms with Gasteiger partial charge < -0.3 is 14.5 Å². The molecule has 0 saturated heterocycles. The van der Waals surface area contributed by atoms with E-state index in [1.165, 1.54) is 21.0 Å². The number of hydrogen-bond donors (Lipinski definition) is 2. The van der Waals surface area contributed by atoms with Gasteiger partial charge in [0.1, 0.15) is 11.6 Å². The number of H-pyrrole nitrogens is 1. The number of rotatable bonds is 11. The topological polar surface area (TPSA) is 105 Å². The molecule has 0 spiro atoms. The van der Waals surface area contributed by atoms with E-state index < -0.39 is 29.7 Å². The molecule has 43 heavy (non-hydrogen) atoms. The molecule has 4 aromatic rings. The number of halogens is 1. The van der Waals surface area contributed by atoms with E-state index >= 15 is 0 Å². The highest BCUT2D eigenvalue weighted by Crippen LogP contribution is 2.51. The summed E-state index contributed by atoms with van der Waals surface area (Å²) in [6.45, 7) is 13.2. The van der Waals surface area contributed by atoms with Crippen molar-refractivity contribution in [1.29, 1.82) is 0 Å². The van der Waals surface area contributed by atoms with Gasteiger partial charge in [0.05, 0.1) is 34.8 Å². The third-order valence-electron chi connectivity index (χ3n) is 9.00. The van der Waals surface area contributed by atoms with E-state index in [1.54, 1.807) is 30.5 Å². The Labute approximate surface area is 253 Å². The van der Waals surface area contributed by atoms with E-state index in [1.807, 2.05) is 0 Å². The lowest BCUT2D eigenvalue weighted by molar-refractivity contribution is 0.424. The molecule has 11 heteroatoms. The van der Waals surface area contributed by atoms with Gasteiger partial charge in [0, 0.05) is 18.1 Å². The molecule has 8 nitrogen and oxygen atoms in total. The first-order chi connectivity index (χ1) is 20.2. The zero-order valence-electron chi connectivity index (χ0n) is 25.9. The molecule has 1 saturated carbocycles. The molecule has 2 N–H and O–H groups in total. The Bertz CT molecular complexity index is 1800. The zero-order chi connectivity index (χ0) is 31.4. The second-order valence-electron chi connectivity index (χ2n) is 12.9. The van der Waals surface area contributed by atoms with E-state index in [2.05, 4.69) is 46.5 Å². The molecule has 1 fully saturated rings. The SMILES string of the molecule is CC(C)[Si](Oc1c2[nH]cccc2c(N(CC2CC2)S(C)(=O)=O)c2c(=O)n(Cc3ccc(F)cc3)c(O)c12)(C(C)C)C(C)C. The van der Waals surface area contributed by atoms with Crippen LogP contribution >= 0.6 is 0 Å². The van der Waals surface area contributed by atoms with E-state index in [0.717, 1.165) is 19.1 Å². The van der Waals surface area contributed by atoms with Gasteiger partial charge in [-0.3, -0.25) is 13.7 Å². The summed E-state index contributed by atoms with van der Waals surface area (Å²) < 4.78 is 50.2. The monoisotopic (exact) mass is 627 g/mol. The van der Waals surface area contributed by atoms with Crippen LogP contribution in [0.5, 0.6) is 11.6 Å². The second-order valence-corrected chi connectivity index (χ2v) is 20.2. The van der Waals surface area contributed by atoms with Crippen molar-refractivity contribution in [3.05, 3.63) is 64.3 Å². The summed E-state index contributed by atoms with van der Waals surface area (Å²) in [7, 11) is -6.44. The normalized spacial score (nSPS) is 14.5. The maximum Gasteiger partial charge on any atom is 0.264 e. The summed E-state index contributed by atoms with van der Waals surface area (Å²) in [4.78, 5) is 17.7. The number of nitrogens with one attached hydrogen (secondary N) is 1. The fourth-order valence-electron chi connectivity index (χ4n) is 6.84. The first-order valence-electron chi connectivity index (χ1n) is 15.0. The van der Waals surface area contributed by atoms with Crippen molar-refractivity contribution in [2.75, 3.05) is 17.1 Å². The van der Waals surface area contributed by atoms with Gasteiger partial charge in [-0.2, -0.15) is 0 Å². The standard InChI is InChI=1S/C32H42FN3O5SSi/c1-19(2)43(20(3)4,21(5)6)41-30-27-26(31(37)35(32(27)38)17-22-12-14-24(33)15-13-22)29(25-9-8-16-34-28(25)30)36(42(7,39)40)18-23-10-11-23/h8-9,12-16,19-21,23,34,38H,10-11,17-18H2,1-7H3. The molecule has 1 aliphatic rings. The Kier molecular flexibility index (Phi) is 8.19. The number of pyridine rings is 1. The van der Waals surface area contributed by atoms with Crippen LogP contribution in [-0.2, 0) is 16.6 Å². The van der Waals surface area contributed by atoms with Crippen LogP contribution in [0.4, 0.5) is 10.1 Å². The van der Waals surface area contributed by atoms with Gasteiger partial charge in [0.2, 0.25) is 15.9 Å². The quantitative estimate of drug-likeness (QED) is 0.173. The number of fused-ring (bicyclic) bond motifs is 2. The van der Waals surface area contributed by atoms with Gasteiger partial charge in [0.15, 0.2) is 0 Å². The lowest BCUT2D eigenvalue weighted by Crippen LogP contribution is -2.50. The highest BCUT2D eigenvalue weighted by Gasteiger charge is 2.48. The predicted octanol–water partition coefficient (Wildman–Crippen LogP) is 7.11. The summed E-state index contributed by atoms with van der Waals surface area (Å²) in [5, 5.41) is 12.7. The molecule has 2 aromatic heterocycles. The summed E-state index contributed by atoms with van der Waals surface area (Å²) in [6, 6.07) is 9.31. The number of aromatic hydroxyl groups is 1. The number of anilines is 1. The van der Waals surface area contributed by atoms with Gasteiger partial charge >= 0.3 is 0 Å². The smallest absolute Gasteiger partial charge is 0.264 e. The first kappa shape index (κ1) is 31.1. The van der Waals surface area contributed by atoms with Gasteiger partial charge in [-0.25, -0.2) is 12.8 Å². The Balaban J connectivity index is 1.93. The van der Waals surface area contributed by atoms with Gasteiger partial charge in [-0.1, -0.05) is 53.7 Å². The Hall–Kier alpha value is -3.31. The molecule has 0 atom stereocenters. The van der Waals surface area contributed by atoms with Crippen molar-refractivity contribution < 1.29 is 22.3 Å². The largest absolute Gasteiger partial charge is 0.541 e. The molecular weight excluding hydrogens is 586 g/mol. The lowest BCUT2D eigenvalue weighted by Gasteiger charge is -2.42.